The highest BCUT2D eigenvalue weighted by Crippen LogP contribution is 2.56. The van der Waals surface area contributed by atoms with Crippen molar-refractivity contribution in [3.05, 3.63) is 12.7 Å². The van der Waals surface area contributed by atoms with Gasteiger partial charge in [-0.3, -0.25) is 18.1 Å². The van der Waals surface area contributed by atoms with Crippen molar-refractivity contribution in [2.45, 2.75) is 31.5 Å². The van der Waals surface area contributed by atoms with Crippen LogP contribution in [-0.2, 0) is 22.9 Å². The molecule has 1 unspecified atom stereocenters. The zero-order valence-corrected chi connectivity index (χ0v) is 13.6. The van der Waals surface area contributed by atoms with Gasteiger partial charge in [0.05, 0.1) is 19.5 Å². The van der Waals surface area contributed by atoms with Crippen LogP contribution in [0.1, 0.15) is 13.2 Å². The number of phosphoric ester groups is 1. The highest BCUT2D eigenvalue weighted by Gasteiger charge is 2.53. The molecular formula is C12H16N5O6P. The van der Waals surface area contributed by atoms with E-state index in [0.29, 0.717) is 11.2 Å². The summed E-state index contributed by atoms with van der Waals surface area (Å²) in [5.74, 6) is 0.226. The Morgan fingerprint density at radius 2 is 2.33 bits per heavy atom. The van der Waals surface area contributed by atoms with Gasteiger partial charge in [-0.05, 0) is 6.92 Å². The Bertz CT molecular complexity index is 814. The van der Waals surface area contributed by atoms with E-state index < -0.39 is 32.4 Å². The molecule has 0 bridgehead atoms. The fraction of sp³-hybridized carbons (Fsp3) is 0.583. The van der Waals surface area contributed by atoms with Gasteiger partial charge in [0.25, 0.3) is 0 Å². The average Bonchev–Trinajstić information content (AvgIpc) is 3.10. The molecule has 5 atom stereocenters. The number of ether oxygens (including phenoxy) is 1. The highest BCUT2D eigenvalue weighted by molar-refractivity contribution is 7.48. The minimum absolute atomic E-state index is 0.0146. The van der Waals surface area contributed by atoms with E-state index in [1.54, 1.807) is 6.92 Å². The van der Waals surface area contributed by atoms with Gasteiger partial charge in [0.15, 0.2) is 17.7 Å². The van der Waals surface area contributed by atoms with Gasteiger partial charge in [-0.1, -0.05) is 0 Å². The first kappa shape index (κ1) is 15.9. The Morgan fingerprint density at radius 3 is 3.12 bits per heavy atom. The largest absolute Gasteiger partial charge is 0.475 e. The molecule has 3 N–H and O–H groups in total. The smallest absolute Gasteiger partial charge is 0.386 e. The molecule has 2 aliphatic rings. The summed E-state index contributed by atoms with van der Waals surface area (Å²) in [5.41, 5.74) is 6.58. The lowest BCUT2D eigenvalue weighted by molar-refractivity contribution is -0.0701. The second-order valence-corrected chi connectivity index (χ2v) is 6.99. The Morgan fingerprint density at radius 1 is 1.50 bits per heavy atom. The molecule has 2 fully saturated rings. The lowest BCUT2D eigenvalue weighted by atomic mass is 10.1. The van der Waals surface area contributed by atoms with Crippen molar-refractivity contribution in [1.29, 1.82) is 0 Å². The molecule has 2 saturated heterocycles. The third-order valence-corrected chi connectivity index (χ3v) is 5.45. The van der Waals surface area contributed by atoms with Crippen LogP contribution in [0.5, 0.6) is 0 Å². The van der Waals surface area contributed by atoms with Gasteiger partial charge >= 0.3 is 7.82 Å². The number of aromatic nitrogens is 4. The van der Waals surface area contributed by atoms with Crippen LogP contribution in [0.4, 0.5) is 5.82 Å². The summed E-state index contributed by atoms with van der Waals surface area (Å²) >= 11 is 0. The molecule has 0 radical (unpaired) electrons. The summed E-state index contributed by atoms with van der Waals surface area (Å²) < 4.78 is 35.1. The molecule has 24 heavy (non-hydrogen) atoms. The van der Waals surface area contributed by atoms with Crippen LogP contribution in [0.2, 0.25) is 0 Å². The first-order valence-electron chi connectivity index (χ1n) is 7.36. The molecule has 2 aliphatic heterocycles. The van der Waals surface area contributed by atoms with Crippen molar-refractivity contribution in [3.8, 4) is 0 Å². The van der Waals surface area contributed by atoms with E-state index in [-0.39, 0.29) is 19.0 Å². The van der Waals surface area contributed by atoms with Crippen LogP contribution in [0.25, 0.3) is 11.2 Å². The van der Waals surface area contributed by atoms with Crippen LogP contribution in [0.3, 0.4) is 0 Å². The van der Waals surface area contributed by atoms with E-state index in [2.05, 4.69) is 15.0 Å². The number of fused-ring (bicyclic) bond motifs is 2. The van der Waals surface area contributed by atoms with E-state index in [9.17, 15) is 9.67 Å². The number of rotatable bonds is 3. The van der Waals surface area contributed by atoms with E-state index in [1.807, 2.05) is 0 Å². The first-order valence-corrected chi connectivity index (χ1v) is 8.82. The van der Waals surface area contributed by atoms with E-state index in [1.165, 1.54) is 17.2 Å². The maximum atomic E-state index is 12.3. The summed E-state index contributed by atoms with van der Waals surface area (Å²) in [4.78, 5) is 12.1. The summed E-state index contributed by atoms with van der Waals surface area (Å²) in [6.45, 7) is 1.82. The third-order valence-electron chi connectivity index (χ3n) is 3.91. The van der Waals surface area contributed by atoms with E-state index in [0.717, 1.165) is 0 Å². The molecule has 4 heterocycles. The normalized spacial score (nSPS) is 36.1. The maximum absolute atomic E-state index is 12.3. The van der Waals surface area contributed by atoms with Crippen molar-refractivity contribution >= 4 is 24.8 Å². The van der Waals surface area contributed by atoms with Crippen molar-refractivity contribution in [1.82, 2.24) is 19.5 Å². The van der Waals surface area contributed by atoms with Crippen LogP contribution in [0.15, 0.2) is 12.7 Å². The first-order chi connectivity index (χ1) is 11.5. The fourth-order valence-electron chi connectivity index (χ4n) is 2.84. The van der Waals surface area contributed by atoms with E-state index in [4.69, 9.17) is 24.0 Å². The van der Waals surface area contributed by atoms with Crippen LogP contribution in [0, 0.1) is 0 Å². The molecule has 0 aliphatic carbocycles. The van der Waals surface area contributed by atoms with Crippen molar-refractivity contribution in [3.63, 3.8) is 0 Å². The molecule has 0 spiro atoms. The molecule has 0 saturated carbocycles. The molecule has 0 aromatic carbocycles. The highest BCUT2D eigenvalue weighted by atomic mass is 31.2. The number of aliphatic hydroxyl groups is 1. The monoisotopic (exact) mass is 357 g/mol. The molecule has 4 rings (SSSR count). The lowest BCUT2D eigenvalue weighted by Crippen LogP contribution is -2.39. The van der Waals surface area contributed by atoms with Gasteiger partial charge in [0.2, 0.25) is 0 Å². The van der Waals surface area contributed by atoms with Crippen molar-refractivity contribution in [2.75, 3.05) is 18.9 Å². The zero-order chi connectivity index (χ0) is 16.9. The SMILES string of the molecule is CCOP1(=O)OC[C@H]2O[C@@H](n3cnc4c(N)ncnc43)[C@H](O)[C@@H]2O1. The van der Waals surface area contributed by atoms with Crippen LogP contribution in [-0.4, -0.2) is 56.2 Å². The quantitative estimate of drug-likeness (QED) is 0.732. The van der Waals surface area contributed by atoms with Gasteiger partial charge in [-0.2, -0.15) is 0 Å². The number of aliphatic hydroxyl groups excluding tert-OH is 1. The lowest BCUT2D eigenvalue weighted by Gasteiger charge is -2.30. The number of nitrogen functional groups attached to an aromatic ring is 1. The molecule has 2 aromatic rings. The van der Waals surface area contributed by atoms with Gasteiger partial charge in [0.1, 0.15) is 30.2 Å². The summed E-state index contributed by atoms with van der Waals surface area (Å²) in [7, 11) is -3.69. The fourth-order valence-corrected chi connectivity index (χ4v) is 4.24. The number of nitrogens with zero attached hydrogens (tertiary/aromatic N) is 4. The number of nitrogens with two attached hydrogens (primary N) is 1. The summed E-state index contributed by atoms with van der Waals surface area (Å²) in [5, 5.41) is 10.6. The molecule has 2 aromatic heterocycles. The Labute approximate surface area is 136 Å². The topological polar surface area (TPSA) is 144 Å². The molecule has 130 valence electrons. The molecular weight excluding hydrogens is 341 g/mol. The summed E-state index contributed by atoms with van der Waals surface area (Å²) in [6.07, 6.45) is -0.642. The zero-order valence-electron chi connectivity index (χ0n) is 12.7. The average molecular weight is 357 g/mol. The molecule has 11 nitrogen and oxygen atoms in total. The van der Waals surface area contributed by atoms with Gasteiger partial charge in [-0.25, -0.2) is 19.5 Å². The Kier molecular flexibility index (Phi) is 3.79. The molecule has 0 amide bonds. The second-order valence-electron chi connectivity index (χ2n) is 5.37. The Balaban J connectivity index is 1.64. The minimum Gasteiger partial charge on any atom is -0.386 e. The second kappa shape index (κ2) is 5.73. The Hall–Kier alpha value is -1.62. The van der Waals surface area contributed by atoms with Crippen molar-refractivity contribution in [2.24, 2.45) is 0 Å². The van der Waals surface area contributed by atoms with Crippen LogP contribution >= 0.6 is 7.82 Å². The van der Waals surface area contributed by atoms with Gasteiger partial charge < -0.3 is 15.6 Å². The number of hydrogen-bond acceptors (Lipinski definition) is 10. The number of phosphoric acid groups is 1. The predicted octanol–water partition coefficient (Wildman–Crippen LogP) is 0.227. The van der Waals surface area contributed by atoms with Gasteiger partial charge in [0, 0.05) is 0 Å². The summed E-state index contributed by atoms with van der Waals surface area (Å²) in [6, 6.07) is 0. The van der Waals surface area contributed by atoms with Gasteiger partial charge in [-0.15, -0.1) is 0 Å². The molecule has 12 heteroatoms. The number of anilines is 1. The maximum Gasteiger partial charge on any atom is 0.475 e. The third kappa shape index (κ3) is 2.41. The standard InChI is InChI=1S/C12H16N5O6P/c1-2-20-24(19)21-3-6-9(23-24)8(18)12(22-6)17-5-16-7-10(13)14-4-15-11(7)17/h4-6,8-9,12,18H,2-3H2,1H3,(H2,13,14,15)/t6-,8-,9-,12-,24?/m1/s1. The van der Waals surface area contributed by atoms with E-state index >= 15 is 0 Å². The number of hydrogen-bond donors (Lipinski definition) is 2. The minimum atomic E-state index is -3.69. The van der Waals surface area contributed by atoms with Crippen LogP contribution < -0.4 is 5.73 Å². The van der Waals surface area contributed by atoms with Crippen molar-refractivity contribution < 1.29 is 28.0 Å². The predicted molar refractivity (Wildman–Crippen MR) is 79.7 cm³/mol. The number of imidazole rings is 1.